The second-order valence-corrected chi connectivity index (χ2v) is 7.19. The van der Waals surface area contributed by atoms with E-state index in [0.717, 1.165) is 35.8 Å². The number of benzene rings is 1. The summed E-state index contributed by atoms with van der Waals surface area (Å²) in [5, 5.41) is 9.47. The number of hydrogen-bond acceptors (Lipinski definition) is 4. The Morgan fingerprint density at radius 2 is 2.04 bits per heavy atom. The summed E-state index contributed by atoms with van der Waals surface area (Å²) in [4.78, 5) is 16.9. The molecule has 3 rings (SSSR count). The van der Waals surface area contributed by atoms with Crippen LogP contribution in [-0.4, -0.2) is 30.0 Å². The van der Waals surface area contributed by atoms with Crippen LogP contribution in [0.1, 0.15) is 24.6 Å². The second-order valence-electron chi connectivity index (χ2n) is 6.33. The average molecular weight is 402 g/mol. The molecule has 1 fully saturated rings. The van der Waals surface area contributed by atoms with Crippen LogP contribution < -0.4 is 10.6 Å². The molecule has 4 nitrogen and oxygen atoms in total. The number of halogens is 2. The summed E-state index contributed by atoms with van der Waals surface area (Å²) in [6.45, 7) is 6.20. The first kappa shape index (κ1) is 21.9. The van der Waals surface area contributed by atoms with Gasteiger partial charge in [0.2, 0.25) is 5.91 Å². The topological polar surface area (TPSA) is 54.0 Å². The largest absolute Gasteiger partial charge is 0.353 e. The molecule has 2 unspecified atom stereocenters. The third-order valence-corrected chi connectivity index (χ3v) is 5.26. The van der Waals surface area contributed by atoms with Gasteiger partial charge in [0.25, 0.3) is 0 Å². The fourth-order valence-corrected chi connectivity index (χ4v) is 3.69. The summed E-state index contributed by atoms with van der Waals surface area (Å²) in [5.41, 5.74) is 3.20. The molecule has 2 atom stereocenters. The van der Waals surface area contributed by atoms with E-state index in [1.807, 2.05) is 5.38 Å². The van der Waals surface area contributed by atoms with Crippen LogP contribution in [0.2, 0.25) is 0 Å². The highest BCUT2D eigenvalue weighted by atomic mass is 35.5. The molecule has 0 spiro atoms. The van der Waals surface area contributed by atoms with Gasteiger partial charge in [0.1, 0.15) is 5.01 Å². The zero-order chi connectivity index (χ0) is 16.2. The predicted octanol–water partition coefficient (Wildman–Crippen LogP) is 3.62. The van der Waals surface area contributed by atoms with Crippen molar-refractivity contribution in [3.8, 4) is 10.6 Å². The van der Waals surface area contributed by atoms with Crippen LogP contribution in [0.25, 0.3) is 10.6 Å². The van der Waals surface area contributed by atoms with E-state index in [-0.39, 0.29) is 36.8 Å². The minimum absolute atomic E-state index is 0. The lowest BCUT2D eigenvalue weighted by molar-refractivity contribution is -0.121. The van der Waals surface area contributed by atoms with Crippen LogP contribution in [0, 0.1) is 12.8 Å². The highest BCUT2D eigenvalue weighted by Crippen LogP contribution is 2.24. The van der Waals surface area contributed by atoms with E-state index in [1.165, 1.54) is 5.56 Å². The van der Waals surface area contributed by atoms with Crippen molar-refractivity contribution < 1.29 is 4.79 Å². The first-order valence-corrected chi connectivity index (χ1v) is 9.01. The molecule has 1 saturated heterocycles. The maximum atomic E-state index is 12.2. The summed E-state index contributed by atoms with van der Waals surface area (Å²) >= 11 is 1.60. The Morgan fingerprint density at radius 3 is 2.72 bits per heavy atom. The van der Waals surface area contributed by atoms with Crippen molar-refractivity contribution in [2.75, 3.05) is 13.1 Å². The predicted molar refractivity (Wildman–Crippen MR) is 109 cm³/mol. The van der Waals surface area contributed by atoms with Gasteiger partial charge in [-0.2, -0.15) is 0 Å². The number of amides is 1. The third kappa shape index (κ3) is 5.96. The van der Waals surface area contributed by atoms with Gasteiger partial charge in [-0.05, 0) is 32.4 Å². The smallest absolute Gasteiger partial charge is 0.226 e. The van der Waals surface area contributed by atoms with Crippen LogP contribution in [0.5, 0.6) is 0 Å². The van der Waals surface area contributed by atoms with Crippen molar-refractivity contribution in [2.45, 2.75) is 32.7 Å². The molecule has 138 valence electrons. The number of aryl methyl sites for hydroxylation is 1. The zero-order valence-electron chi connectivity index (χ0n) is 14.5. The Labute approximate surface area is 165 Å². The Hall–Kier alpha value is -1.14. The van der Waals surface area contributed by atoms with Crippen molar-refractivity contribution in [3.05, 3.63) is 40.9 Å². The molecule has 1 aromatic heterocycles. The highest BCUT2D eigenvalue weighted by molar-refractivity contribution is 7.13. The monoisotopic (exact) mass is 401 g/mol. The Morgan fingerprint density at radius 1 is 1.32 bits per heavy atom. The molecule has 2 heterocycles. The number of thiazole rings is 1. The molecule has 0 saturated carbocycles. The molecule has 0 bridgehead atoms. The number of nitrogens with one attached hydrogen (secondary N) is 2. The molecule has 0 aliphatic carbocycles. The summed E-state index contributed by atoms with van der Waals surface area (Å²) in [6.07, 6.45) is 1.36. The van der Waals surface area contributed by atoms with Crippen molar-refractivity contribution in [1.82, 2.24) is 15.6 Å². The Bertz CT molecular complexity index is 675. The Balaban J connectivity index is 0.00000156. The van der Waals surface area contributed by atoms with Crippen LogP contribution in [0.4, 0.5) is 0 Å². The van der Waals surface area contributed by atoms with Crippen LogP contribution in [0.3, 0.4) is 0 Å². The zero-order valence-corrected chi connectivity index (χ0v) is 16.9. The fourth-order valence-electron chi connectivity index (χ4n) is 2.87. The van der Waals surface area contributed by atoms with E-state index in [1.54, 1.807) is 11.3 Å². The van der Waals surface area contributed by atoms with Gasteiger partial charge in [-0.25, -0.2) is 4.98 Å². The van der Waals surface area contributed by atoms with Gasteiger partial charge < -0.3 is 10.6 Å². The molecule has 2 aromatic rings. The van der Waals surface area contributed by atoms with E-state index >= 15 is 0 Å². The van der Waals surface area contributed by atoms with Crippen LogP contribution in [0.15, 0.2) is 29.6 Å². The minimum atomic E-state index is 0. The summed E-state index contributed by atoms with van der Waals surface area (Å²) in [7, 11) is 0. The number of nitrogens with zero attached hydrogens (tertiary/aromatic N) is 1. The molecule has 1 aliphatic heterocycles. The van der Waals surface area contributed by atoms with Crippen LogP contribution in [-0.2, 0) is 11.2 Å². The molecule has 25 heavy (non-hydrogen) atoms. The van der Waals surface area contributed by atoms with Gasteiger partial charge in [0.15, 0.2) is 0 Å². The number of hydrogen-bond donors (Lipinski definition) is 2. The van der Waals surface area contributed by atoms with Crippen molar-refractivity contribution >= 4 is 42.1 Å². The van der Waals surface area contributed by atoms with Crippen molar-refractivity contribution in [3.63, 3.8) is 0 Å². The number of carbonyl (C=O) groups is 1. The molecule has 1 aliphatic rings. The van der Waals surface area contributed by atoms with Crippen LogP contribution >= 0.6 is 36.2 Å². The van der Waals surface area contributed by atoms with Gasteiger partial charge in [0, 0.05) is 17.0 Å². The molecular formula is C18H25Cl2N3OS. The number of carbonyl (C=O) groups excluding carboxylic acids is 1. The van der Waals surface area contributed by atoms with E-state index in [2.05, 4.69) is 53.7 Å². The highest BCUT2D eigenvalue weighted by Gasteiger charge is 2.22. The summed E-state index contributed by atoms with van der Waals surface area (Å²) < 4.78 is 0. The molecule has 7 heteroatoms. The SMILES string of the molecule is Cc1ccc(-c2nc(CC(=O)NC3CCNCC3C)cs2)cc1.Cl.Cl. The number of piperidine rings is 1. The third-order valence-electron chi connectivity index (χ3n) is 4.32. The van der Waals surface area contributed by atoms with E-state index in [4.69, 9.17) is 0 Å². The maximum absolute atomic E-state index is 12.2. The van der Waals surface area contributed by atoms with Gasteiger partial charge in [-0.15, -0.1) is 36.2 Å². The average Bonchev–Trinajstić information content (AvgIpc) is 2.98. The van der Waals surface area contributed by atoms with E-state index in [9.17, 15) is 4.79 Å². The molecular weight excluding hydrogens is 377 g/mol. The molecule has 1 aromatic carbocycles. The lowest BCUT2D eigenvalue weighted by atomic mass is 9.95. The maximum Gasteiger partial charge on any atom is 0.226 e. The number of aromatic nitrogens is 1. The fraction of sp³-hybridized carbons (Fsp3) is 0.444. The molecule has 0 radical (unpaired) electrons. The minimum Gasteiger partial charge on any atom is -0.353 e. The lowest BCUT2D eigenvalue weighted by Crippen LogP contribution is -2.48. The molecule has 1 amide bonds. The van der Waals surface area contributed by atoms with E-state index < -0.39 is 0 Å². The van der Waals surface area contributed by atoms with Crippen molar-refractivity contribution in [1.29, 1.82) is 0 Å². The lowest BCUT2D eigenvalue weighted by Gasteiger charge is -2.30. The van der Waals surface area contributed by atoms with Gasteiger partial charge >= 0.3 is 0 Å². The first-order chi connectivity index (χ1) is 11.1. The first-order valence-electron chi connectivity index (χ1n) is 8.13. The second kappa shape index (κ2) is 10.1. The van der Waals surface area contributed by atoms with Gasteiger partial charge in [-0.3, -0.25) is 4.79 Å². The quantitative estimate of drug-likeness (QED) is 0.822. The normalized spacial score (nSPS) is 19.4. The Kier molecular flexibility index (Phi) is 8.86. The van der Waals surface area contributed by atoms with Gasteiger partial charge in [-0.1, -0.05) is 36.8 Å². The molecule has 2 N–H and O–H groups in total. The van der Waals surface area contributed by atoms with Crippen molar-refractivity contribution in [2.24, 2.45) is 5.92 Å². The van der Waals surface area contributed by atoms with Gasteiger partial charge in [0.05, 0.1) is 12.1 Å². The standard InChI is InChI=1S/C18H23N3OS.2ClH/c1-12-3-5-14(6-4-12)18-20-15(11-23-18)9-17(22)21-16-7-8-19-10-13(16)2;;/h3-6,11,13,16,19H,7-10H2,1-2H3,(H,21,22);2*1H. The summed E-state index contributed by atoms with van der Waals surface area (Å²) in [6, 6.07) is 8.60. The summed E-state index contributed by atoms with van der Waals surface area (Å²) in [5.74, 6) is 0.552. The van der Waals surface area contributed by atoms with E-state index in [0.29, 0.717) is 12.3 Å². The number of rotatable bonds is 4.